The van der Waals surface area contributed by atoms with Crippen LogP contribution < -0.4 is 10.0 Å². The molecule has 1 aromatic rings. The van der Waals surface area contributed by atoms with E-state index in [1.807, 2.05) is 0 Å². The van der Waals surface area contributed by atoms with Gasteiger partial charge in [0.05, 0.1) is 7.11 Å². The SMILES string of the molecule is COc1ccc(P)c(F)c1. The van der Waals surface area contributed by atoms with Crippen LogP contribution in [-0.4, -0.2) is 7.11 Å². The fraction of sp³-hybridized carbons (Fsp3) is 0.143. The second kappa shape index (κ2) is 2.98. The van der Waals surface area contributed by atoms with Crippen molar-refractivity contribution in [3.63, 3.8) is 0 Å². The van der Waals surface area contributed by atoms with Crippen molar-refractivity contribution in [2.75, 3.05) is 7.11 Å². The van der Waals surface area contributed by atoms with Gasteiger partial charge in [-0.15, -0.1) is 9.24 Å². The highest BCUT2D eigenvalue weighted by molar-refractivity contribution is 7.27. The van der Waals surface area contributed by atoms with E-state index in [9.17, 15) is 4.39 Å². The van der Waals surface area contributed by atoms with Crippen LogP contribution in [0.25, 0.3) is 0 Å². The first-order chi connectivity index (χ1) is 4.74. The molecule has 0 N–H and O–H groups in total. The van der Waals surface area contributed by atoms with Crippen LogP contribution in [0, 0.1) is 5.82 Å². The molecule has 0 saturated heterocycles. The zero-order chi connectivity index (χ0) is 7.56. The summed E-state index contributed by atoms with van der Waals surface area (Å²) < 4.78 is 17.5. The van der Waals surface area contributed by atoms with E-state index in [4.69, 9.17) is 4.74 Å². The highest BCUT2D eigenvalue weighted by Crippen LogP contribution is 2.10. The van der Waals surface area contributed by atoms with Gasteiger partial charge in [-0.1, -0.05) is 0 Å². The maximum Gasteiger partial charge on any atom is 0.134 e. The predicted molar refractivity (Wildman–Crippen MR) is 42.3 cm³/mol. The molecule has 0 aromatic heterocycles. The minimum Gasteiger partial charge on any atom is -0.497 e. The topological polar surface area (TPSA) is 9.23 Å². The van der Waals surface area contributed by atoms with Crippen molar-refractivity contribution in [2.24, 2.45) is 0 Å². The highest BCUT2D eigenvalue weighted by atomic mass is 31.0. The van der Waals surface area contributed by atoms with Crippen molar-refractivity contribution in [2.45, 2.75) is 0 Å². The number of halogens is 1. The molecule has 0 aliphatic carbocycles. The Morgan fingerprint density at radius 3 is 2.70 bits per heavy atom. The first-order valence-corrected chi connectivity index (χ1v) is 3.41. The monoisotopic (exact) mass is 158 g/mol. The molecule has 1 rings (SSSR count). The van der Waals surface area contributed by atoms with Crippen LogP contribution in [0.5, 0.6) is 5.75 Å². The zero-order valence-electron chi connectivity index (χ0n) is 5.60. The molecular formula is C7H8FOP. The molecule has 1 unspecified atom stereocenters. The molecule has 0 bridgehead atoms. The van der Waals surface area contributed by atoms with Crippen LogP contribution in [0.1, 0.15) is 0 Å². The summed E-state index contributed by atoms with van der Waals surface area (Å²) in [6.07, 6.45) is 0. The summed E-state index contributed by atoms with van der Waals surface area (Å²) in [7, 11) is 3.81. The quantitative estimate of drug-likeness (QED) is 0.560. The van der Waals surface area contributed by atoms with Gasteiger partial charge in [0.1, 0.15) is 11.6 Å². The largest absolute Gasteiger partial charge is 0.497 e. The van der Waals surface area contributed by atoms with E-state index in [-0.39, 0.29) is 5.82 Å². The average molecular weight is 158 g/mol. The van der Waals surface area contributed by atoms with Gasteiger partial charge in [0.2, 0.25) is 0 Å². The van der Waals surface area contributed by atoms with Gasteiger partial charge in [0.25, 0.3) is 0 Å². The summed E-state index contributed by atoms with van der Waals surface area (Å²) in [5.74, 6) is 0.285. The summed E-state index contributed by atoms with van der Waals surface area (Å²) in [5.41, 5.74) is 0. The Morgan fingerprint density at radius 2 is 2.20 bits per heavy atom. The lowest BCUT2D eigenvalue weighted by atomic mass is 10.3. The van der Waals surface area contributed by atoms with Gasteiger partial charge in [-0.25, -0.2) is 4.39 Å². The Balaban J connectivity index is 3.04. The van der Waals surface area contributed by atoms with Crippen LogP contribution in [0.15, 0.2) is 18.2 Å². The van der Waals surface area contributed by atoms with Crippen LogP contribution in [0.2, 0.25) is 0 Å². The van der Waals surface area contributed by atoms with E-state index < -0.39 is 0 Å². The lowest BCUT2D eigenvalue weighted by molar-refractivity contribution is 0.411. The number of methoxy groups -OCH3 is 1. The molecule has 0 aliphatic heterocycles. The van der Waals surface area contributed by atoms with E-state index in [1.54, 1.807) is 12.1 Å². The number of hydrogen-bond donors (Lipinski definition) is 0. The van der Waals surface area contributed by atoms with Gasteiger partial charge in [-0.3, -0.25) is 0 Å². The Labute approximate surface area is 61.4 Å². The zero-order valence-corrected chi connectivity index (χ0v) is 6.75. The van der Waals surface area contributed by atoms with Gasteiger partial charge in [-0.2, -0.15) is 0 Å². The smallest absolute Gasteiger partial charge is 0.134 e. The summed E-state index contributed by atoms with van der Waals surface area (Å²) in [4.78, 5) is 0. The summed E-state index contributed by atoms with van der Waals surface area (Å²) >= 11 is 0. The molecule has 54 valence electrons. The van der Waals surface area contributed by atoms with Crippen molar-refractivity contribution in [1.29, 1.82) is 0 Å². The van der Waals surface area contributed by atoms with Gasteiger partial charge >= 0.3 is 0 Å². The normalized spacial score (nSPS) is 9.50. The molecule has 0 aliphatic rings. The Morgan fingerprint density at radius 1 is 1.50 bits per heavy atom. The van der Waals surface area contributed by atoms with E-state index in [0.29, 0.717) is 11.1 Å². The first-order valence-electron chi connectivity index (χ1n) is 2.83. The maximum absolute atomic E-state index is 12.7. The minimum atomic E-state index is -0.260. The lowest BCUT2D eigenvalue weighted by Gasteiger charge is -1.99. The van der Waals surface area contributed by atoms with Crippen LogP contribution >= 0.6 is 9.24 Å². The Kier molecular flexibility index (Phi) is 2.23. The fourth-order valence-electron chi connectivity index (χ4n) is 0.635. The van der Waals surface area contributed by atoms with Gasteiger partial charge in [0, 0.05) is 11.4 Å². The van der Waals surface area contributed by atoms with Crippen molar-refractivity contribution in [3.8, 4) is 5.75 Å². The number of rotatable bonds is 1. The standard InChI is InChI=1S/C7H8FOP/c1-9-5-2-3-7(10)6(8)4-5/h2-4H,10H2,1H3. The van der Waals surface area contributed by atoms with E-state index in [2.05, 4.69) is 9.24 Å². The molecule has 10 heavy (non-hydrogen) atoms. The van der Waals surface area contributed by atoms with E-state index in [0.717, 1.165) is 0 Å². The summed E-state index contributed by atoms with van der Waals surface area (Å²) in [5, 5.41) is 0.556. The number of ether oxygens (including phenoxy) is 1. The molecule has 0 saturated carbocycles. The minimum absolute atomic E-state index is 0.260. The predicted octanol–water partition coefficient (Wildman–Crippen LogP) is 1.33. The van der Waals surface area contributed by atoms with E-state index >= 15 is 0 Å². The Bertz CT molecular complexity index is 237. The van der Waals surface area contributed by atoms with Crippen LogP contribution in [0.3, 0.4) is 0 Å². The molecular weight excluding hydrogens is 150 g/mol. The first kappa shape index (κ1) is 7.49. The number of hydrogen-bond acceptors (Lipinski definition) is 1. The maximum atomic E-state index is 12.7. The fourth-order valence-corrected chi connectivity index (χ4v) is 0.814. The third-order valence-electron chi connectivity index (χ3n) is 1.21. The molecule has 0 fully saturated rings. The second-order valence-corrected chi connectivity index (χ2v) is 2.51. The van der Waals surface area contributed by atoms with Gasteiger partial charge in [-0.05, 0) is 12.1 Å². The third-order valence-corrected chi connectivity index (χ3v) is 1.68. The molecule has 1 atom stereocenters. The van der Waals surface area contributed by atoms with E-state index in [1.165, 1.54) is 13.2 Å². The van der Waals surface area contributed by atoms with Crippen molar-refractivity contribution < 1.29 is 9.13 Å². The summed E-state index contributed by atoms with van der Waals surface area (Å²) in [6, 6.07) is 4.71. The van der Waals surface area contributed by atoms with Crippen LogP contribution in [-0.2, 0) is 0 Å². The molecule has 1 aromatic carbocycles. The van der Waals surface area contributed by atoms with Gasteiger partial charge in [0.15, 0.2) is 0 Å². The molecule has 0 radical (unpaired) electrons. The molecule has 3 heteroatoms. The van der Waals surface area contributed by atoms with Gasteiger partial charge < -0.3 is 4.74 Å². The van der Waals surface area contributed by atoms with Crippen molar-refractivity contribution >= 4 is 14.5 Å². The summed E-state index contributed by atoms with van der Waals surface area (Å²) in [6.45, 7) is 0. The van der Waals surface area contributed by atoms with Crippen molar-refractivity contribution in [3.05, 3.63) is 24.0 Å². The van der Waals surface area contributed by atoms with Crippen molar-refractivity contribution in [1.82, 2.24) is 0 Å². The molecule has 0 heterocycles. The number of benzene rings is 1. The lowest BCUT2D eigenvalue weighted by Crippen LogP contribution is -1.97. The second-order valence-electron chi connectivity index (χ2n) is 1.89. The highest BCUT2D eigenvalue weighted by Gasteiger charge is 1.97. The molecule has 0 spiro atoms. The molecule has 0 amide bonds. The third kappa shape index (κ3) is 1.45. The Hall–Kier alpha value is -0.620. The molecule has 1 nitrogen and oxygen atoms in total. The average Bonchev–Trinajstić information content (AvgIpc) is 1.95. The van der Waals surface area contributed by atoms with Crippen LogP contribution in [0.4, 0.5) is 4.39 Å².